The molecule has 1 aromatic rings. The van der Waals surface area contributed by atoms with Gasteiger partial charge < -0.3 is 4.74 Å². The molecular formula is C30H52O2. The van der Waals surface area contributed by atoms with E-state index in [0.29, 0.717) is 18.9 Å². The molecule has 0 atom stereocenters. The van der Waals surface area contributed by atoms with Gasteiger partial charge in [0.1, 0.15) is 0 Å². The van der Waals surface area contributed by atoms with Crippen molar-refractivity contribution in [2.75, 3.05) is 6.61 Å². The summed E-state index contributed by atoms with van der Waals surface area (Å²) >= 11 is 0. The van der Waals surface area contributed by atoms with Gasteiger partial charge >= 0.3 is 5.97 Å². The molecule has 2 nitrogen and oxygen atoms in total. The second kappa shape index (κ2) is 21.5. The van der Waals surface area contributed by atoms with Crippen LogP contribution in [0.3, 0.4) is 0 Å². The quantitative estimate of drug-likeness (QED) is 0.131. The Balaban J connectivity index is 2.24. The number of esters is 1. The van der Waals surface area contributed by atoms with Gasteiger partial charge in [0, 0.05) is 0 Å². The molecule has 0 aliphatic carbocycles. The van der Waals surface area contributed by atoms with Crippen molar-refractivity contribution in [1.82, 2.24) is 0 Å². The Morgan fingerprint density at radius 1 is 0.656 bits per heavy atom. The number of rotatable bonds is 22. The van der Waals surface area contributed by atoms with Crippen LogP contribution in [0.5, 0.6) is 0 Å². The van der Waals surface area contributed by atoms with Gasteiger partial charge in [0.25, 0.3) is 0 Å². The van der Waals surface area contributed by atoms with Crippen molar-refractivity contribution in [3.05, 3.63) is 35.9 Å². The highest BCUT2D eigenvalue weighted by molar-refractivity contribution is 5.72. The van der Waals surface area contributed by atoms with Crippen LogP contribution in [0.25, 0.3) is 0 Å². The van der Waals surface area contributed by atoms with Crippen LogP contribution in [0.1, 0.15) is 135 Å². The lowest BCUT2D eigenvalue weighted by molar-refractivity contribution is -0.144. The molecule has 1 rings (SSSR count). The Morgan fingerprint density at radius 2 is 1.09 bits per heavy atom. The van der Waals surface area contributed by atoms with Crippen molar-refractivity contribution in [1.29, 1.82) is 0 Å². The minimum absolute atomic E-state index is 0.0759. The molecule has 1 aromatic carbocycles. The largest absolute Gasteiger partial charge is 0.465 e. The average molecular weight is 445 g/mol. The number of unbranched alkanes of at least 4 members (excludes halogenated alkanes) is 14. The molecule has 0 amide bonds. The highest BCUT2D eigenvalue weighted by Gasteiger charge is 2.13. The van der Waals surface area contributed by atoms with Crippen LogP contribution in [0.2, 0.25) is 0 Å². The van der Waals surface area contributed by atoms with E-state index in [0.717, 1.165) is 5.56 Å². The second-order valence-corrected chi connectivity index (χ2v) is 9.74. The average Bonchev–Trinajstić information content (AvgIpc) is 2.81. The van der Waals surface area contributed by atoms with Gasteiger partial charge in [0.05, 0.1) is 13.0 Å². The molecule has 0 spiro atoms. The molecule has 0 N–H and O–H groups in total. The molecule has 0 heterocycles. The van der Waals surface area contributed by atoms with Crippen molar-refractivity contribution >= 4 is 5.97 Å². The summed E-state index contributed by atoms with van der Waals surface area (Å²) in [6.07, 6.45) is 24.5. The van der Waals surface area contributed by atoms with E-state index >= 15 is 0 Å². The fraction of sp³-hybridized carbons (Fsp3) is 0.767. The zero-order chi connectivity index (χ0) is 23.1. The molecule has 0 aliphatic rings. The first kappa shape index (κ1) is 28.7. The second-order valence-electron chi connectivity index (χ2n) is 9.74. The number of carbonyl (C=O) groups is 1. The normalized spacial score (nSPS) is 11.2. The van der Waals surface area contributed by atoms with Crippen LogP contribution in [-0.2, 0) is 16.0 Å². The maximum absolute atomic E-state index is 12.3. The zero-order valence-electron chi connectivity index (χ0n) is 21.4. The molecule has 0 aliphatic heterocycles. The van der Waals surface area contributed by atoms with Gasteiger partial charge in [-0.3, -0.25) is 4.79 Å². The molecule has 0 saturated carbocycles. The third-order valence-electron chi connectivity index (χ3n) is 6.60. The lowest BCUT2D eigenvalue weighted by Crippen LogP contribution is -2.16. The fourth-order valence-electron chi connectivity index (χ4n) is 4.47. The first-order valence-electron chi connectivity index (χ1n) is 14.0. The molecule has 0 bridgehead atoms. The molecule has 184 valence electrons. The predicted molar refractivity (Wildman–Crippen MR) is 139 cm³/mol. The van der Waals surface area contributed by atoms with Gasteiger partial charge in [-0.1, -0.05) is 147 Å². The summed E-state index contributed by atoms with van der Waals surface area (Å²) < 4.78 is 5.71. The summed E-state index contributed by atoms with van der Waals surface area (Å²) in [6, 6.07) is 9.95. The highest BCUT2D eigenvalue weighted by atomic mass is 16.5. The van der Waals surface area contributed by atoms with Gasteiger partial charge in [-0.05, 0) is 24.3 Å². The van der Waals surface area contributed by atoms with Crippen molar-refractivity contribution < 1.29 is 9.53 Å². The van der Waals surface area contributed by atoms with E-state index in [-0.39, 0.29) is 5.97 Å². The van der Waals surface area contributed by atoms with Gasteiger partial charge in [-0.25, -0.2) is 0 Å². The Morgan fingerprint density at radius 3 is 1.56 bits per heavy atom. The van der Waals surface area contributed by atoms with Gasteiger partial charge in [0.2, 0.25) is 0 Å². The zero-order valence-corrected chi connectivity index (χ0v) is 21.4. The van der Waals surface area contributed by atoms with E-state index in [1.165, 1.54) is 116 Å². The Hall–Kier alpha value is -1.31. The van der Waals surface area contributed by atoms with Crippen LogP contribution in [0, 0.1) is 5.92 Å². The van der Waals surface area contributed by atoms with Crippen molar-refractivity contribution in [2.45, 2.75) is 136 Å². The molecule has 2 heteroatoms. The summed E-state index contributed by atoms with van der Waals surface area (Å²) in [5.74, 6) is 0.461. The monoisotopic (exact) mass is 444 g/mol. The van der Waals surface area contributed by atoms with Crippen molar-refractivity contribution in [2.24, 2.45) is 5.92 Å². The molecular weight excluding hydrogens is 392 g/mol. The summed E-state index contributed by atoms with van der Waals surface area (Å²) in [5, 5.41) is 0. The fourth-order valence-corrected chi connectivity index (χ4v) is 4.47. The number of carbonyl (C=O) groups excluding carboxylic acids is 1. The minimum Gasteiger partial charge on any atom is -0.465 e. The number of hydrogen-bond donors (Lipinski definition) is 0. The molecule has 0 radical (unpaired) electrons. The van der Waals surface area contributed by atoms with E-state index in [4.69, 9.17) is 4.74 Å². The molecule has 32 heavy (non-hydrogen) atoms. The van der Waals surface area contributed by atoms with Crippen LogP contribution in [0.4, 0.5) is 0 Å². The maximum Gasteiger partial charge on any atom is 0.310 e. The van der Waals surface area contributed by atoms with Gasteiger partial charge in [0.15, 0.2) is 0 Å². The van der Waals surface area contributed by atoms with Gasteiger partial charge in [-0.15, -0.1) is 0 Å². The SMILES string of the molecule is CCCCCCCCCCC(CCCCCCCCCC)COC(=O)Cc1ccccc1. The first-order chi connectivity index (χ1) is 15.8. The summed E-state index contributed by atoms with van der Waals surface area (Å²) in [4.78, 5) is 12.3. The summed E-state index contributed by atoms with van der Waals surface area (Å²) in [6.45, 7) is 5.16. The highest BCUT2D eigenvalue weighted by Crippen LogP contribution is 2.20. The van der Waals surface area contributed by atoms with E-state index in [1.807, 2.05) is 30.3 Å². The standard InChI is InChI=1S/C30H52O2/c1-3-5-7-9-11-13-15-18-24-29(25-19-16-14-12-10-8-6-4-2)27-32-30(31)26-28-22-20-17-21-23-28/h17,20-23,29H,3-16,18-19,24-27H2,1-2H3. The number of benzene rings is 1. The molecule has 0 fully saturated rings. The third kappa shape index (κ3) is 17.3. The van der Waals surface area contributed by atoms with Crippen LogP contribution < -0.4 is 0 Å². The smallest absolute Gasteiger partial charge is 0.310 e. The topological polar surface area (TPSA) is 26.3 Å². The Labute approximate surface area is 199 Å². The molecule has 0 unspecified atom stereocenters. The predicted octanol–water partition coefficient (Wildman–Crippen LogP) is 9.45. The minimum atomic E-state index is -0.0759. The summed E-state index contributed by atoms with van der Waals surface area (Å²) in [7, 11) is 0. The molecule has 0 aromatic heterocycles. The molecule has 0 saturated heterocycles. The van der Waals surface area contributed by atoms with E-state index in [2.05, 4.69) is 13.8 Å². The van der Waals surface area contributed by atoms with Crippen molar-refractivity contribution in [3.8, 4) is 0 Å². The van der Waals surface area contributed by atoms with Crippen molar-refractivity contribution in [3.63, 3.8) is 0 Å². The first-order valence-corrected chi connectivity index (χ1v) is 14.0. The van der Waals surface area contributed by atoms with E-state index in [9.17, 15) is 4.79 Å². The van der Waals surface area contributed by atoms with Crippen LogP contribution in [-0.4, -0.2) is 12.6 Å². The third-order valence-corrected chi connectivity index (χ3v) is 6.60. The van der Waals surface area contributed by atoms with Crippen LogP contribution >= 0.6 is 0 Å². The van der Waals surface area contributed by atoms with Crippen LogP contribution in [0.15, 0.2) is 30.3 Å². The Kier molecular flexibility index (Phi) is 19.3. The number of hydrogen-bond acceptors (Lipinski definition) is 2. The van der Waals surface area contributed by atoms with E-state index in [1.54, 1.807) is 0 Å². The maximum atomic E-state index is 12.3. The lowest BCUT2D eigenvalue weighted by Gasteiger charge is -2.17. The van der Waals surface area contributed by atoms with Gasteiger partial charge in [-0.2, -0.15) is 0 Å². The van der Waals surface area contributed by atoms with E-state index < -0.39 is 0 Å². The Bertz CT molecular complexity index is 505. The number of ether oxygens (including phenoxy) is 1. The summed E-state index contributed by atoms with van der Waals surface area (Å²) in [5.41, 5.74) is 1.04. The lowest BCUT2D eigenvalue weighted by atomic mass is 9.94.